The number of rotatable bonds is 7. The van der Waals surface area contributed by atoms with Crippen molar-refractivity contribution in [3.8, 4) is 0 Å². The van der Waals surface area contributed by atoms with Crippen molar-refractivity contribution in [2.45, 2.75) is 12.1 Å². The van der Waals surface area contributed by atoms with Crippen LogP contribution in [0.1, 0.15) is 0 Å². The van der Waals surface area contributed by atoms with E-state index in [1.807, 2.05) is 0 Å². The molecule has 0 aromatic carbocycles. The van der Waals surface area contributed by atoms with Crippen molar-refractivity contribution < 1.29 is 43.2 Å². The summed E-state index contributed by atoms with van der Waals surface area (Å²) in [4.78, 5) is 44.0. The zero-order chi connectivity index (χ0) is 16.5. The van der Waals surface area contributed by atoms with Crippen molar-refractivity contribution in [2.24, 2.45) is 0 Å². The number of carbonyl (C=O) groups excluding carboxylic acids is 4. The van der Waals surface area contributed by atoms with Crippen LogP contribution >= 0.6 is 0 Å². The molecule has 1 aliphatic heterocycles. The zero-order valence-electron chi connectivity index (χ0n) is 11.6. The van der Waals surface area contributed by atoms with E-state index in [-0.39, 0.29) is 13.2 Å². The molecule has 1 amide bonds. The number of aliphatic hydroxyl groups is 1. The van der Waals surface area contributed by atoms with Crippen LogP contribution in [-0.4, -0.2) is 68.2 Å². The van der Waals surface area contributed by atoms with Crippen molar-refractivity contribution in [3.05, 3.63) is 12.2 Å². The van der Waals surface area contributed by atoms with Gasteiger partial charge in [-0.2, -0.15) is 0 Å². The van der Waals surface area contributed by atoms with E-state index in [4.69, 9.17) is 4.74 Å². The van der Waals surface area contributed by atoms with Gasteiger partial charge in [-0.05, 0) is 0 Å². The summed E-state index contributed by atoms with van der Waals surface area (Å²) in [5, 5.41) is 11.8. The van der Waals surface area contributed by atoms with Gasteiger partial charge in [0.15, 0.2) is 6.10 Å². The highest BCUT2D eigenvalue weighted by Gasteiger charge is 2.25. The molecule has 0 aromatic heterocycles. The molecular formula is C12H15NO9. The van der Waals surface area contributed by atoms with Crippen molar-refractivity contribution in [1.29, 1.82) is 0 Å². The number of ether oxygens (including phenoxy) is 4. The molecule has 0 bridgehead atoms. The smallest absolute Gasteiger partial charge is 0.407 e. The van der Waals surface area contributed by atoms with E-state index in [1.165, 1.54) is 0 Å². The number of hydrogen-bond donors (Lipinski definition) is 2. The van der Waals surface area contributed by atoms with Gasteiger partial charge < -0.3 is 29.4 Å². The van der Waals surface area contributed by atoms with Crippen LogP contribution in [0.4, 0.5) is 4.79 Å². The minimum Gasteiger partial charge on any atom is -0.466 e. The SMILES string of the molecule is COC(=O)/C=C/C(=O)OCC(O)C(=O)OCC1COC(=O)N1. The molecule has 2 unspecified atom stereocenters. The molecule has 10 nitrogen and oxygen atoms in total. The largest absolute Gasteiger partial charge is 0.466 e. The van der Waals surface area contributed by atoms with E-state index < -0.39 is 42.8 Å². The molecule has 0 spiro atoms. The number of hydrogen-bond acceptors (Lipinski definition) is 9. The Bertz CT molecular complexity index is 473. The fourth-order valence-corrected chi connectivity index (χ4v) is 1.28. The molecule has 10 heteroatoms. The first kappa shape index (κ1) is 17.4. The highest BCUT2D eigenvalue weighted by Crippen LogP contribution is 2.00. The van der Waals surface area contributed by atoms with Crippen LogP contribution in [0, 0.1) is 0 Å². The normalized spacial score (nSPS) is 18.3. The minimum absolute atomic E-state index is 0.0511. The second-order valence-corrected chi connectivity index (χ2v) is 4.07. The Morgan fingerprint density at radius 1 is 1.36 bits per heavy atom. The summed E-state index contributed by atoms with van der Waals surface area (Å²) in [7, 11) is 1.13. The van der Waals surface area contributed by atoms with Crippen molar-refractivity contribution in [1.82, 2.24) is 5.32 Å². The Labute approximate surface area is 125 Å². The molecule has 0 aromatic rings. The van der Waals surface area contributed by atoms with Crippen LogP contribution < -0.4 is 5.32 Å². The van der Waals surface area contributed by atoms with Crippen molar-refractivity contribution in [2.75, 3.05) is 26.9 Å². The average molecular weight is 317 g/mol. The number of methoxy groups -OCH3 is 1. The van der Waals surface area contributed by atoms with Crippen molar-refractivity contribution in [3.63, 3.8) is 0 Å². The van der Waals surface area contributed by atoms with Gasteiger partial charge in [-0.1, -0.05) is 0 Å². The number of nitrogens with one attached hydrogen (secondary N) is 1. The second kappa shape index (κ2) is 8.62. The number of aliphatic hydroxyl groups excluding tert-OH is 1. The second-order valence-electron chi connectivity index (χ2n) is 4.07. The molecule has 122 valence electrons. The quantitative estimate of drug-likeness (QED) is 0.319. The maximum absolute atomic E-state index is 11.4. The maximum Gasteiger partial charge on any atom is 0.407 e. The van der Waals surface area contributed by atoms with E-state index in [1.54, 1.807) is 0 Å². The summed E-state index contributed by atoms with van der Waals surface area (Å²) in [5.41, 5.74) is 0. The van der Waals surface area contributed by atoms with E-state index in [0.29, 0.717) is 0 Å². The number of amides is 1. The van der Waals surface area contributed by atoms with Gasteiger partial charge in [0.05, 0.1) is 7.11 Å². The van der Waals surface area contributed by atoms with Gasteiger partial charge in [-0.3, -0.25) is 0 Å². The molecule has 0 saturated carbocycles. The molecule has 1 fully saturated rings. The lowest BCUT2D eigenvalue weighted by molar-refractivity contribution is -0.160. The molecule has 0 radical (unpaired) electrons. The van der Waals surface area contributed by atoms with Crippen LogP contribution in [-0.2, 0) is 33.3 Å². The highest BCUT2D eigenvalue weighted by molar-refractivity contribution is 5.91. The standard InChI is InChI=1S/C12H15NO9/c1-19-9(15)2-3-10(16)20-6-8(14)11(17)21-4-7-5-22-12(18)13-7/h2-3,7-8,14H,4-6H2,1H3,(H,13,18)/b3-2+. The summed E-state index contributed by atoms with van der Waals surface area (Å²) >= 11 is 0. The molecule has 2 atom stereocenters. The summed E-state index contributed by atoms with van der Waals surface area (Å²) in [6.45, 7) is -0.774. The Balaban J connectivity index is 2.23. The van der Waals surface area contributed by atoms with Crippen LogP contribution in [0.5, 0.6) is 0 Å². The Morgan fingerprint density at radius 2 is 2.05 bits per heavy atom. The Morgan fingerprint density at radius 3 is 2.64 bits per heavy atom. The molecule has 1 aliphatic rings. The first-order chi connectivity index (χ1) is 10.4. The third-order valence-corrected chi connectivity index (χ3v) is 2.38. The monoisotopic (exact) mass is 317 g/mol. The fourth-order valence-electron chi connectivity index (χ4n) is 1.28. The first-order valence-electron chi connectivity index (χ1n) is 6.13. The predicted octanol–water partition coefficient (Wildman–Crippen LogP) is -1.73. The number of alkyl carbamates (subject to hydrolysis) is 1. The molecule has 1 rings (SSSR count). The molecule has 0 aliphatic carbocycles. The molecule has 1 heterocycles. The van der Waals surface area contributed by atoms with Gasteiger partial charge in [-0.25, -0.2) is 19.2 Å². The van der Waals surface area contributed by atoms with E-state index in [2.05, 4.69) is 19.5 Å². The van der Waals surface area contributed by atoms with Crippen LogP contribution in [0.15, 0.2) is 12.2 Å². The summed E-state index contributed by atoms with van der Waals surface area (Å²) in [6, 6.07) is -0.491. The Hall–Kier alpha value is -2.62. The van der Waals surface area contributed by atoms with Crippen molar-refractivity contribution >= 4 is 24.0 Å². The van der Waals surface area contributed by atoms with E-state index >= 15 is 0 Å². The van der Waals surface area contributed by atoms with E-state index in [9.17, 15) is 24.3 Å². The van der Waals surface area contributed by atoms with Gasteiger partial charge in [0.2, 0.25) is 0 Å². The van der Waals surface area contributed by atoms with Gasteiger partial charge in [-0.15, -0.1) is 0 Å². The number of cyclic esters (lactones) is 1. The third-order valence-electron chi connectivity index (χ3n) is 2.38. The van der Waals surface area contributed by atoms with Gasteiger partial charge >= 0.3 is 24.0 Å². The molecule has 1 saturated heterocycles. The molecular weight excluding hydrogens is 302 g/mol. The highest BCUT2D eigenvalue weighted by atomic mass is 16.6. The lowest BCUT2D eigenvalue weighted by atomic mass is 10.3. The topological polar surface area (TPSA) is 137 Å². The van der Waals surface area contributed by atoms with Gasteiger partial charge in [0, 0.05) is 12.2 Å². The summed E-state index contributed by atoms with van der Waals surface area (Å²) in [6.07, 6.45) is -0.688. The molecule has 22 heavy (non-hydrogen) atoms. The number of esters is 3. The van der Waals surface area contributed by atoms with Gasteiger partial charge in [0.1, 0.15) is 25.9 Å². The van der Waals surface area contributed by atoms with Gasteiger partial charge in [0.25, 0.3) is 0 Å². The Kier molecular flexibility index (Phi) is 6.83. The van der Waals surface area contributed by atoms with Crippen LogP contribution in [0.3, 0.4) is 0 Å². The summed E-state index contributed by atoms with van der Waals surface area (Å²) < 4.78 is 18.1. The van der Waals surface area contributed by atoms with Crippen LogP contribution in [0.2, 0.25) is 0 Å². The zero-order valence-corrected chi connectivity index (χ0v) is 11.6. The lowest BCUT2D eigenvalue weighted by Crippen LogP contribution is -2.35. The van der Waals surface area contributed by atoms with E-state index in [0.717, 1.165) is 19.3 Å². The minimum atomic E-state index is -1.69. The number of carbonyl (C=O) groups is 4. The third kappa shape index (κ3) is 6.22. The van der Waals surface area contributed by atoms with Crippen LogP contribution in [0.25, 0.3) is 0 Å². The predicted molar refractivity (Wildman–Crippen MR) is 67.4 cm³/mol. The average Bonchev–Trinajstić information content (AvgIpc) is 2.93. The lowest BCUT2D eigenvalue weighted by Gasteiger charge is -2.12. The molecule has 2 N–H and O–H groups in total. The fraction of sp³-hybridized carbons (Fsp3) is 0.500. The maximum atomic E-state index is 11.4. The first-order valence-corrected chi connectivity index (χ1v) is 6.13. The summed E-state index contributed by atoms with van der Waals surface area (Å²) in [5.74, 6) is -2.71.